The zero-order chi connectivity index (χ0) is 31.5. The molecule has 6 rings (SSSR count). The summed E-state index contributed by atoms with van der Waals surface area (Å²) in [5.41, 5.74) is 5.13. The number of aliphatic hydroxyl groups excluding tert-OH is 1. The van der Waals surface area contributed by atoms with Gasteiger partial charge in [0.25, 0.3) is 5.91 Å². The molecule has 5 aromatic rings. The zero-order valence-electron chi connectivity index (χ0n) is 25.2. The van der Waals surface area contributed by atoms with Crippen LogP contribution in [0.5, 0.6) is 0 Å². The molecule has 3 aromatic carbocycles. The molecule has 3 N–H and O–H groups in total. The lowest BCUT2D eigenvalue weighted by Gasteiger charge is -2.27. The van der Waals surface area contributed by atoms with Gasteiger partial charge >= 0.3 is 6.03 Å². The molecule has 230 valence electrons. The number of urea groups is 1. The van der Waals surface area contributed by atoms with Crippen molar-refractivity contribution in [2.24, 2.45) is 0 Å². The van der Waals surface area contributed by atoms with E-state index in [1.165, 1.54) is 6.07 Å². The van der Waals surface area contributed by atoms with Crippen molar-refractivity contribution < 1.29 is 23.5 Å². The molecule has 3 heterocycles. The third kappa shape index (κ3) is 6.30. The number of rotatable bonds is 9. The molecule has 0 unspecified atom stereocenters. The summed E-state index contributed by atoms with van der Waals surface area (Å²) in [5.74, 6) is -0.155. The van der Waals surface area contributed by atoms with Gasteiger partial charge in [0.2, 0.25) is 0 Å². The average molecular weight is 607 g/mol. The van der Waals surface area contributed by atoms with Gasteiger partial charge in [0.1, 0.15) is 22.9 Å². The molecule has 0 bridgehead atoms. The Labute approximate surface area is 260 Å². The molecule has 0 radical (unpaired) electrons. The second kappa shape index (κ2) is 12.9. The van der Waals surface area contributed by atoms with Crippen LogP contribution in [0.1, 0.15) is 59.9 Å². The molecule has 2 aromatic heterocycles. The third-order valence-corrected chi connectivity index (χ3v) is 7.98. The summed E-state index contributed by atoms with van der Waals surface area (Å²) in [6.07, 6.45) is 1.00. The van der Waals surface area contributed by atoms with Gasteiger partial charge in [-0.3, -0.25) is 4.79 Å². The maximum atomic E-state index is 14.3. The van der Waals surface area contributed by atoms with E-state index >= 15 is 0 Å². The monoisotopic (exact) mass is 606 g/mol. The van der Waals surface area contributed by atoms with Crippen molar-refractivity contribution >= 4 is 22.9 Å². The minimum atomic E-state index is -0.451. The number of benzene rings is 3. The number of halogens is 1. The molecule has 3 amide bonds. The molecule has 1 atom stereocenters. The van der Waals surface area contributed by atoms with Gasteiger partial charge in [0, 0.05) is 53.4 Å². The fourth-order valence-electron chi connectivity index (χ4n) is 5.88. The number of hydrogen-bond donors (Lipinski definition) is 3. The van der Waals surface area contributed by atoms with Crippen LogP contribution in [0.4, 0.5) is 9.18 Å². The lowest BCUT2D eigenvalue weighted by Crippen LogP contribution is -2.42. The van der Waals surface area contributed by atoms with Crippen molar-refractivity contribution in [2.75, 3.05) is 6.61 Å². The Balaban J connectivity index is 1.43. The van der Waals surface area contributed by atoms with Crippen LogP contribution in [0, 0.1) is 5.82 Å². The summed E-state index contributed by atoms with van der Waals surface area (Å²) in [5, 5.41) is 16.5. The molecule has 0 aliphatic carbocycles. The maximum absolute atomic E-state index is 14.3. The van der Waals surface area contributed by atoms with Crippen molar-refractivity contribution in [3.63, 3.8) is 0 Å². The molecular weight excluding hydrogens is 571 g/mol. The Morgan fingerprint density at radius 3 is 2.58 bits per heavy atom. The minimum absolute atomic E-state index is 0.00316. The molecule has 1 aliphatic rings. The zero-order valence-corrected chi connectivity index (χ0v) is 25.2. The largest absolute Gasteiger partial charge is 0.456 e. The van der Waals surface area contributed by atoms with Gasteiger partial charge in [-0.1, -0.05) is 54.6 Å². The van der Waals surface area contributed by atoms with Gasteiger partial charge in [-0.2, -0.15) is 0 Å². The number of fused-ring (bicyclic) bond motifs is 2. The van der Waals surface area contributed by atoms with Gasteiger partial charge in [-0.05, 0) is 62.6 Å². The number of carbonyl (C=O) groups excluding carboxylic acids is 2. The van der Waals surface area contributed by atoms with Crippen LogP contribution in [0.25, 0.3) is 33.6 Å². The maximum Gasteiger partial charge on any atom is 0.318 e. The molecule has 45 heavy (non-hydrogen) atoms. The van der Waals surface area contributed by atoms with Crippen LogP contribution in [0.2, 0.25) is 0 Å². The average Bonchev–Trinajstić information content (AvgIpc) is 3.64. The SMILES string of the molecule is CC(C)NC(=O)N1Cc2cc(C(=O)NCc3ccccc3F)nc(-c3cccc(-c4cc5ccccc5o4)c3)c2[C@H]1CCCO. The van der Waals surface area contributed by atoms with Crippen LogP contribution in [0.15, 0.2) is 89.3 Å². The Bertz CT molecular complexity index is 1830. The second-order valence-corrected chi connectivity index (χ2v) is 11.5. The minimum Gasteiger partial charge on any atom is -0.456 e. The Hall–Kier alpha value is -5.02. The number of aliphatic hydroxyl groups is 1. The Morgan fingerprint density at radius 2 is 1.80 bits per heavy atom. The van der Waals surface area contributed by atoms with Gasteiger partial charge in [0.15, 0.2) is 0 Å². The van der Waals surface area contributed by atoms with E-state index in [2.05, 4.69) is 10.6 Å². The molecule has 0 spiro atoms. The lowest BCUT2D eigenvalue weighted by atomic mass is 9.94. The molecule has 8 nitrogen and oxygen atoms in total. The Morgan fingerprint density at radius 1 is 1.02 bits per heavy atom. The summed E-state index contributed by atoms with van der Waals surface area (Å²) in [6.45, 7) is 4.06. The van der Waals surface area contributed by atoms with Crippen molar-refractivity contribution in [1.29, 1.82) is 0 Å². The highest BCUT2D eigenvalue weighted by molar-refractivity contribution is 5.94. The summed E-state index contributed by atoms with van der Waals surface area (Å²) in [6, 6.07) is 24.9. The van der Waals surface area contributed by atoms with Gasteiger partial charge < -0.3 is 25.1 Å². The number of pyridine rings is 1. The first-order chi connectivity index (χ1) is 21.8. The molecule has 0 saturated carbocycles. The van der Waals surface area contributed by atoms with Crippen molar-refractivity contribution in [1.82, 2.24) is 20.5 Å². The quantitative estimate of drug-likeness (QED) is 0.168. The Kier molecular flexibility index (Phi) is 8.62. The van der Waals surface area contributed by atoms with Crippen molar-refractivity contribution in [2.45, 2.75) is 51.9 Å². The first kappa shape index (κ1) is 30.0. The number of furan rings is 1. The van der Waals surface area contributed by atoms with Gasteiger partial charge in [-0.15, -0.1) is 0 Å². The van der Waals surface area contributed by atoms with Crippen molar-refractivity contribution in [3.8, 4) is 22.6 Å². The van der Waals surface area contributed by atoms with E-state index in [-0.39, 0.29) is 43.5 Å². The number of aromatic nitrogens is 1. The fraction of sp³-hybridized carbons (Fsp3) is 0.250. The van der Waals surface area contributed by atoms with E-state index in [9.17, 15) is 19.1 Å². The molecule has 0 fully saturated rings. The molecule has 0 saturated heterocycles. The van der Waals surface area contributed by atoms with Crippen LogP contribution < -0.4 is 10.6 Å². The molecule has 9 heteroatoms. The van der Waals surface area contributed by atoms with Gasteiger partial charge in [0.05, 0.1) is 11.7 Å². The predicted molar refractivity (Wildman–Crippen MR) is 171 cm³/mol. The standard InChI is InChI=1S/C36H35FN4O4/c1-22(2)39-36(44)41-21-27-18-29(35(43)38-20-26-10-3-5-13-28(26)37)40-34(33(27)30(41)14-8-16-42)25-12-7-11-23(17-25)32-19-24-9-4-6-15-31(24)45-32/h3-7,9-13,15,17-19,22,30,42H,8,14,16,20-21H2,1-2H3,(H,38,43)(H,39,44)/t30-/m1/s1. The van der Waals surface area contributed by atoms with E-state index in [0.717, 1.165) is 33.2 Å². The van der Waals surface area contributed by atoms with E-state index in [1.54, 1.807) is 29.2 Å². The highest BCUT2D eigenvalue weighted by atomic mass is 19.1. The number of para-hydroxylation sites is 1. The number of nitrogens with zero attached hydrogens (tertiary/aromatic N) is 2. The van der Waals surface area contributed by atoms with E-state index < -0.39 is 11.7 Å². The topological polar surface area (TPSA) is 108 Å². The van der Waals surface area contributed by atoms with Crippen LogP contribution in [0.3, 0.4) is 0 Å². The summed E-state index contributed by atoms with van der Waals surface area (Å²) < 4.78 is 20.4. The highest BCUT2D eigenvalue weighted by Gasteiger charge is 2.37. The predicted octanol–water partition coefficient (Wildman–Crippen LogP) is 6.98. The first-order valence-electron chi connectivity index (χ1n) is 15.1. The van der Waals surface area contributed by atoms with Crippen molar-refractivity contribution in [3.05, 3.63) is 113 Å². The van der Waals surface area contributed by atoms with E-state index in [0.29, 0.717) is 29.9 Å². The van der Waals surface area contributed by atoms with E-state index in [1.807, 2.05) is 68.4 Å². The van der Waals surface area contributed by atoms with Crippen LogP contribution in [-0.4, -0.2) is 39.6 Å². The normalized spacial score (nSPS) is 14.2. The summed E-state index contributed by atoms with van der Waals surface area (Å²) in [4.78, 5) is 33.5. The first-order valence-corrected chi connectivity index (χ1v) is 15.1. The number of nitrogens with one attached hydrogen (secondary N) is 2. The summed E-state index contributed by atoms with van der Waals surface area (Å²) >= 11 is 0. The summed E-state index contributed by atoms with van der Waals surface area (Å²) in [7, 11) is 0. The molecule has 1 aliphatic heterocycles. The lowest BCUT2D eigenvalue weighted by molar-refractivity contribution is 0.0945. The fourth-order valence-corrected chi connectivity index (χ4v) is 5.88. The smallest absolute Gasteiger partial charge is 0.318 e. The highest BCUT2D eigenvalue weighted by Crippen LogP contribution is 2.43. The third-order valence-electron chi connectivity index (χ3n) is 7.98. The van der Waals surface area contributed by atoms with Gasteiger partial charge in [-0.25, -0.2) is 14.2 Å². The number of hydrogen-bond acceptors (Lipinski definition) is 5. The number of amides is 3. The molecular formula is C36H35FN4O4. The van der Waals surface area contributed by atoms with Crippen LogP contribution in [-0.2, 0) is 13.1 Å². The van der Waals surface area contributed by atoms with Crippen LogP contribution >= 0.6 is 0 Å². The second-order valence-electron chi connectivity index (χ2n) is 11.5. The number of carbonyl (C=O) groups is 2. The van der Waals surface area contributed by atoms with E-state index in [4.69, 9.17) is 9.40 Å².